The van der Waals surface area contributed by atoms with E-state index in [9.17, 15) is 4.79 Å². The van der Waals surface area contributed by atoms with Crippen LogP contribution < -0.4 is 5.32 Å². The topological polar surface area (TPSA) is 29.1 Å². The van der Waals surface area contributed by atoms with Crippen molar-refractivity contribution in [3.8, 4) is 0 Å². The Hall–Kier alpha value is -0.590. The third-order valence-corrected chi connectivity index (χ3v) is 4.85. The van der Waals surface area contributed by atoms with Gasteiger partial charge >= 0.3 is 0 Å². The van der Waals surface area contributed by atoms with E-state index in [1.54, 1.807) is 18.2 Å². The molecule has 0 heterocycles. The second-order valence-corrected chi connectivity index (χ2v) is 6.42. The van der Waals surface area contributed by atoms with E-state index in [-0.39, 0.29) is 5.91 Å². The molecule has 19 heavy (non-hydrogen) atoms. The lowest BCUT2D eigenvalue weighted by molar-refractivity contribution is 0.102. The first-order valence-corrected chi connectivity index (χ1v) is 7.75. The standard InChI is InChI=1S/C14H10BrClINO/c1-8-3-2-4-10(13(8)17)14(19)18-12-6-5-9(15)7-11(12)16/h2-7H,1H3,(H,18,19). The first kappa shape index (κ1) is 14.8. The number of halogens is 3. The predicted octanol–water partition coefficient (Wildman–Crippen LogP) is 5.27. The van der Waals surface area contributed by atoms with Crippen molar-refractivity contribution in [2.45, 2.75) is 6.92 Å². The maximum absolute atomic E-state index is 12.2. The predicted molar refractivity (Wildman–Crippen MR) is 91.0 cm³/mol. The molecule has 2 nitrogen and oxygen atoms in total. The van der Waals surface area contributed by atoms with Gasteiger partial charge in [-0.15, -0.1) is 0 Å². The summed E-state index contributed by atoms with van der Waals surface area (Å²) in [6.07, 6.45) is 0. The smallest absolute Gasteiger partial charge is 0.256 e. The number of aryl methyl sites for hydroxylation is 1. The van der Waals surface area contributed by atoms with Crippen molar-refractivity contribution >= 4 is 61.7 Å². The summed E-state index contributed by atoms with van der Waals surface area (Å²) in [6.45, 7) is 1.98. The first-order valence-electron chi connectivity index (χ1n) is 5.50. The summed E-state index contributed by atoms with van der Waals surface area (Å²) in [5.74, 6) is -0.155. The molecule has 2 aromatic carbocycles. The maximum Gasteiger partial charge on any atom is 0.256 e. The van der Waals surface area contributed by atoms with E-state index >= 15 is 0 Å². The average Bonchev–Trinajstić information content (AvgIpc) is 2.36. The summed E-state index contributed by atoms with van der Waals surface area (Å²) < 4.78 is 1.83. The molecule has 0 aliphatic heterocycles. The van der Waals surface area contributed by atoms with Crippen molar-refractivity contribution in [3.05, 3.63) is 60.6 Å². The van der Waals surface area contributed by atoms with Gasteiger partial charge in [0, 0.05) is 8.04 Å². The molecule has 0 atom stereocenters. The number of carbonyl (C=O) groups excluding carboxylic acids is 1. The minimum atomic E-state index is -0.155. The van der Waals surface area contributed by atoms with Gasteiger partial charge in [0.05, 0.1) is 16.3 Å². The van der Waals surface area contributed by atoms with E-state index in [1.807, 2.05) is 25.1 Å². The first-order chi connectivity index (χ1) is 8.99. The lowest BCUT2D eigenvalue weighted by Crippen LogP contribution is -2.14. The number of hydrogen-bond donors (Lipinski definition) is 1. The van der Waals surface area contributed by atoms with Gasteiger partial charge in [-0.25, -0.2) is 0 Å². The zero-order valence-electron chi connectivity index (χ0n) is 10.0. The molecule has 5 heteroatoms. The van der Waals surface area contributed by atoms with Crippen molar-refractivity contribution < 1.29 is 4.79 Å². The van der Waals surface area contributed by atoms with Crippen LogP contribution in [0.3, 0.4) is 0 Å². The molecule has 0 saturated heterocycles. The molecule has 0 spiro atoms. The van der Waals surface area contributed by atoms with E-state index in [0.29, 0.717) is 16.3 Å². The number of amides is 1. The Morgan fingerprint density at radius 3 is 2.74 bits per heavy atom. The van der Waals surface area contributed by atoms with E-state index < -0.39 is 0 Å². The Morgan fingerprint density at radius 1 is 1.32 bits per heavy atom. The largest absolute Gasteiger partial charge is 0.321 e. The highest BCUT2D eigenvalue weighted by Crippen LogP contribution is 2.26. The molecule has 2 rings (SSSR count). The molecule has 0 aliphatic carbocycles. The molecule has 0 saturated carbocycles. The lowest BCUT2D eigenvalue weighted by atomic mass is 10.1. The molecule has 1 amide bonds. The Labute approximate surface area is 138 Å². The lowest BCUT2D eigenvalue weighted by Gasteiger charge is -2.10. The Bertz CT molecular complexity index is 645. The number of carbonyl (C=O) groups is 1. The molecule has 0 aliphatic rings. The van der Waals surface area contributed by atoms with Crippen LogP contribution in [0.2, 0.25) is 5.02 Å². The van der Waals surface area contributed by atoms with Crippen LogP contribution in [-0.2, 0) is 0 Å². The summed E-state index contributed by atoms with van der Waals surface area (Å²) in [4.78, 5) is 12.2. The molecule has 1 N–H and O–H groups in total. The molecule has 0 radical (unpaired) electrons. The van der Waals surface area contributed by atoms with Crippen molar-refractivity contribution in [3.63, 3.8) is 0 Å². The maximum atomic E-state index is 12.2. The van der Waals surface area contributed by atoms with Gasteiger partial charge in [0.25, 0.3) is 5.91 Å². The van der Waals surface area contributed by atoms with Gasteiger partial charge in [0.1, 0.15) is 0 Å². The molecule has 0 bridgehead atoms. The Kier molecular flexibility index (Phi) is 4.86. The summed E-state index contributed by atoms with van der Waals surface area (Å²) in [5.41, 5.74) is 2.34. The van der Waals surface area contributed by atoms with E-state index in [0.717, 1.165) is 13.6 Å². The van der Waals surface area contributed by atoms with Crippen molar-refractivity contribution in [1.82, 2.24) is 0 Å². The molecule has 98 valence electrons. The number of nitrogens with one attached hydrogen (secondary N) is 1. The second kappa shape index (κ2) is 6.24. The summed E-state index contributed by atoms with van der Waals surface area (Å²) in [5, 5.41) is 3.33. The highest BCUT2D eigenvalue weighted by Gasteiger charge is 2.12. The molecule has 0 aromatic heterocycles. The highest BCUT2D eigenvalue weighted by atomic mass is 127. The normalized spacial score (nSPS) is 10.3. The Morgan fingerprint density at radius 2 is 2.05 bits per heavy atom. The zero-order valence-corrected chi connectivity index (χ0v) is 14.5. The zero-order chi connectivity index (χ0) is 14.0. The summed E-state index contributed by atoms with van der Waals surface area (Å²) >= 11 is 11.6. The Balaban J connectivity index is 2.28. The van der Waals surface area contributed by atoms with Crippen molar-refractivity contribution in [1.29, 1.82) is 0 Å². The van der Waals surface area contributed by atoms with Crippen molar-refractivity contribution in [2.75, 3.05) is 5.32 Å². The van der Waals surface area contributed by atoms with Crippen LogP contribution in [0.15, 0.2) is 40.9 Å². The highest BCUT2D eigenvalue weighted by molar-refractivity contribution is 14.1. The van der Waals surface area contributed by atoms with Gasteiger partial charge in [-0.1, -0.05) is 39.7 Å². The molecule has 2 aromatic rings. The van der Waals surface area contributed by atoms with Crippen LogP contribution in [-0.4, -0.2) is 5.91 Å². The number of benzene rings is 2. The molecule has 0 unspecified atom stereocenters. The van der Waals surface area contributed by atoms with Crippen LogP contribution in [0.5, 0.6) is 0 Å². The third-order valence-electron chi connectivity index (χ3n) is 2.62. The monoisotopic (exact) mass is 449 g/mol. The van der Waals surface area contributed by atoms with Gasteiger partial charge in [0.15, 0.2) is 0 Å². The van der Waals surface area contributed by atoms with Gasteiger partial charge in [-0.05, 0) is 59.3 Å². The van der Waals surface area contributed by atoms with Gasteiger partial charge in [-0.2, -0.15) is 0 Å². The minimum absolute atomic E-state index is 0.155. The average molecular weight is 451 g/mol. The molecule has 0 fully saturated rings. The van der Waals surface area contributed by atoms with Crippen LogP contribution in [0, 0.1) is 10.5 Å². The summed E-state index contributed by atoms with van der Waals surface area (Å²) in [7, 11) is 0. The van der Waals surface area contributed by atoms with E-state index in [1.165, 1.54) is 0 Å². The molecular weight excluding hydrogens is 440 g/mol. The van der Waals surface area contributed by atoms with Crippen LogP contribution in [0.25, 0.3) is 0 Å². The van der Waals surface area contributed by atoms with Gasteiger partial charge in [-0.3, -0.25) is 4.79 Å². The van der Waals surface area contributed by atoms with E-state index in [2.05, 4.69) is 43.8 Å². The van der Waals surface area contributed by atoms with Crippen LogP contribution in [0.1, 0.15) is 15.9 Å². The fourth-order valence-electron chi connectivity index (χ4n) is 1.60. The SMILES string of the molecule is Cc1cccc(C(=O)Nc2ccc(Br)cc2Cl)c1I. The second-order valence-electron chi connectivity index (χ2n) is 4.01. The summed E-state index contributed by atoms with van der Waals surface area (Å²) in [6, 6.07) is 11.0. The fourth-order valence-corrected chi connectivity index (χ4v) is 2.93. The minimum Gasteiger partial charge on any atom is -0.321 e. The van der Waals surface area contributed by atoms with Crippen LogP contribution >= 0.6 is 50.1 Å². The van der Waals surface area contributed by atoms with Gasteiger partial charge < -0.3 is 5.32 Å². The molecular formula is C14H10BrClINO. The quantitative estimate of drug-likeness (QED) is 0.621. The van der Waals surface area contributed by atoms with Gasteiger partial charge in [0.2, 0.25) is 0 Å². The number of hydrogen-bond acceptors (Lipinski definition) is 1. The third kappa shape index (κ3) is 3.49. The fraction of sp³-hybridized carbons (Fsp3) is 0.0714. The van der Waals surface area contributed by atoms with Crippen molar-refractivity contribution in [2.24, 2.45) is 0 Å². The van der Waals surface area contributed by atoms with E-state index in [4.69, 9.17) is 11.6 Å². The number of rotatable bonds is 2. The number of anilines is 1. The van der Waals surface area contributed by atoms with Crippen LogP contribution in [0.4, 0.5) is 5.69 Å².